The molecular weight excluding hydrogens is 361 g/mol. The Balaban J connectivity index is 0. The van der Waals surface area contributed by atoms with Crippen molar-refractivity contribution in [1.29, 1.82) is 0 Å². The Hall–Kier alpha value is -0.790. The van der Waals surface area contributed by atoms with Crippen molar-refractivity contribution >= 4 is 48.9 Å². The number of rotatable bonds is 5. The Kier molecular flexibility index (Phi) is 13.4. The maximum absolute atomic E-state index is 11.3. The van der Waals surface area contributed by atoms with Crippen molar-refractivity contribution in [1.82, 2.24) is 15.2 Å². The van der Waals surface area contributed by atoms with Gasteiger partial charge in [0.15, 0.2) is 0 Å². The molecular formula is C14H26Cl3N5O. The highest BCUT2D eigenvalue weighted by Gasteiger charge is 2.14. The molecule has 1 aromatic rings. The van der Waals surface area contributed by atoms with Crippen LogP contribution in [-0.2, 0) is 11.3 Å². The predicted molar refractivity (Wildman–Crippen MR) is 101 cm³/mol. The summed E-state index contributed by atoms with van der Waals surface area (Å²) in [6.45, 7) is 5.05. The summed E-state index contributed by atoms with van der Waals surface area (Å²) in [5, 5.41) is 2.83. The standard InChI is InChI=1S/C14H23N5O.3ClH/c1-18-6-8-19(9-7-18)13-3-2-12(10-16-13)11-17-14(20)4-5-15;;;/h2-3,10H,4-9,11,15H2,1H3,(H,17,20);3*1H. The van der Waals surface area contributed by atoms with Crippen LogP contribution >= 0.6 is 37.2 Å². The Labute approximate surface area is 156 Å². The third-order valence-electron chi connectivity index (χ3n) is 3.50. The Morgan fingerprint density at radius 2 is 1.87 bits per heavy atom. The molecule has 1 aliphatic rings. The average Bonchev–Trinajstić information content (AvgIpc) is 2.47. The summed E-state index contributed by atoms with van der Waals surface area (Å²) in [7, 11) is 2.14. The van der Waals surface area contributed by atoms with Crippen LogP contribution in [0.5, 0.6) is 0 Å². The molecule has 9 heteroatoms. The minimum absolute atomic E-state index is 0. The second-order valence-corrected chi connectivity index (χ2v) is 5.13. The average molecular weight is 387 g/mol. The van der Waals surface area contributed by atoms with Gasteiger partial charge in [0.2, 0.25) is 5.91 Å². The van der Waals surface area contributed by atoms with Crippen molar-refractivity contribution in [3.63, 3.8) is 0 Å². The molecule has 1 aromatic heterocycles. The molecule has 0 saturated carbocycles. The van der Waals surface area contributed by atoms with Crippen molar-refractivity contribution in [3.05, 3.63) is 23.9 Å². The minimum Gasteiger partial charge on any atom is -0.354 e. The normalized spacial score (nSPS) is 14.1. The van der Waals surface area contributed by atoms with E-state index in [0.717, 1.165) is 37.6 Å². The first-order chi connectivity index (χ1) is 9.69. The Bertz CT molecular complexity index is 439. The number of nitrogens with two attached hydrogens (primary N) is 1. The van der Waals surface area contributed by atoms with E-state index in [2.05, 4.69) is 27.1 Å². The van der Waals surface area contributed by atoms with E-state index >= 15 is 0 Å². The van der Waals surface area contributed by atoms with Crippen molar-refractivity contribution < 1.29 is 4.79 Å². The van der Waals surface area contributed by atoms with Gasteiger partial charge in [0.1, 0.15) is 5.82 Å². The van der Waals surface area contributed by atoms with Crippen LogP contribution in [0.3, 0.4) is 0 Å². The molecule has 0 unspecified atom stereocenters. The van der Waals surface area contributed by atoms with Gasteiger partial charge >= 0.3 is 0 Å². The van der Waals surface area contributed by atoms with Gasteiger partial charge in [-0.15, -0.1) is 37.2 Å². The smallest absolute Gasteiger partial charge is 0.221 e. The minimum atomic E-state index is -0.0179. The number of amides is 1. The van der Waals surface area contributed by atoms with Crippen LogP contribution in [0, 0.1) is 0 Å². The first kappa shape index (κ1) is 24.5. The molecule has 3 N–H and O–H groups in total. The van der Waals surface area contributed by atoms with Gasteiger partial charge < -0.3 is 20.9 Å². The molecule has 0 spiro atoms. The topological polar surface area (TPSA) is 74.5 Å². The van der Waals surface area contributed by atoms with Gasteiger partial charge in [0.05, 0.1) is 0 Å². The molecule has 0 bridgehead atoms. The van der Waals surface area contributed by atoms with E-state index in [0.29, 0.717) is 19.5 Å². The van der Waals surface area contributed by atoms with E-state index < -0.39 is 0 Å². The zero-order valence-corrected chi connectivity index (χ0v) is 15.7. The number of anilines is 1. The van der Waals surface area contributed by atoms with Crippen LogP contribution in [0.2, 0.25) is 0 Å². The zero-order chi connectivity index (χ0) is 14.4. The highest BCUT2D eigenvalue weighted by Crippen LogP contribution is 2.13. The molecule has 134 valence electrons. The zero-order valence-electron chi connectivity index (χ0n) is 13.2. The summed E-state index contributed by atoms with van der Waals surface area (Å²) in [4.78, 5) is 20.4. The third kappa shape index (κ3) is 8.04. The number of carbonyl (C=O) groups excluding carboxylic acids is 1. The number of hydrogen-bond donors (Lipinski definition) is 2. The SMILES string of the molecule is CN1CCN(c2ccc(CNC(=O)CCN)cn2)CC1.Cl.Cl.Cl. The number of piperazine rings is 1. The van der Waals surface area contributed by atoms with Crippen molar-refractivity contribution in [3.8, 4) is 0 Å². The predicted octanol–water partition coefficient (Wildman–Crippen LogP) is 1.06. The van der Waals surface area contributed by atoms with Crippen molar-refractivity contribution in [2.75, 3.05) is 44.7 Å². The lowest BCUT2D eigenvalue weighted by atomic mass is 10.2. The van der Waals surface area contributed by atoms with Crippen molar-refractivity contribution in [2.45, 2.75) is 13.0 Å². The molecule has 1 amide bonds. The summed E-state index contributed by atoms with van der Waals surface area (Å²) in [5.41, 5.74) is 6.34. The Morgan fingerprint density at radius 3 is 2.39 bits per heavy atom. The van der Waals surface area contributed by atoms with E-state index in [1.807, 2.05) is 18.3 Å². The quantitative estimate of drug-likeness (QED) is 0.791. The lowest BCUT2D eigenvalue weighted by Crippen LogP contribution is -2.44. The number of hydrogen-bond acceptors (Lipinski definition) is 5. The van der Waals surface area contributed by atoms with Crippen LogP contribution in [0.1, 0.15) is 12.0 Å². The van der Waals surface area contributed by atoms with Crippen LogP contribution in [0.25, 0.3) is 0 Å². The van der Waals surface area contributed by atoms with Gasteiger partial charge in [-0.1, -0.05) is 6.07 Å². The first-order valence-corrected chi connectivity index (χ1v) is 7.04. The number of halogens is 3. The van der Waals surface area contributed by atoms with Crippen LogP contribution in [-0.4, -0.2) is 55.6 Å². The van der Waals surface area contributed by atoms with E-state index in [1.54, 1.807) is 0 Å². The molecule has 1 saturated heterocycles. The van der Waals surface area contributed by atoms with Crippen LogP contribution < -0.4 is 16.0 Å². The molecule has 23 heavy (non-hydrogen) atoms. The second-order valence-electron chi connectivity index (χ2n) is 5.13. The number of nitrogens with zero attached hydrogens (tertiary/aromatic N) is 3. The van der Waals surface area contributed by atoms with Gasteiger partial charge in [-0.05, 0) is 18.7 Å². The number of carbonyl (C=O) groups is 1. The van der Waals surface area contributed by atoms with Gasteiger partial charge in [0.25, 0.3) is 0 Å². The molecule has 2 heterocycles. The second kappa shape index (κ2) is 12.6. The molecule has 0 radical (unpaired) electrons. The van der Waals surface area contributed by atoms with Gasteiger partial charge in [-0.2, -0.15) is 0 Å². The monoisotopic (exact) mass is 385 g/mol. The largest absolute Gasteiger partial charge is 0.354 e. The first-order valence-electron chi connectivity index (χ1n) is 7.04. The van der Waals surface area contributed by atoms with Gasteiger partial charge in [0, 0.05) is 51.9 Å². The maximum Gasteiger partial charge on any atom is 0.221 e. The summed E-state index contributed by atoms with van der Waals surface area (Å²) in [6.07, 6.45) is 2.20. The van der Waals surface area contributed by atoms with E-state index in [-0.39, 0.29) is 43.1 Å². The Morgan fingerprint density at radius 1 is 1.22 bits per heavy atom. The van der Waals surface area contributed by atoms with Crippen LogP contribution in [0.4, 0.5) is 5.82 Å². The summed E-state index contributed by atoms with van der Waals surface area (Å²) in [5.74, 6) is 0.991. The van der Waals surface area contributed by atoms with E-state index in [4.69, 9.17) is 5.73 Å². The molecule has 1 fully saturated rings. The third-order valence-corrected chi connectivity index (χ3v) is 3.50. The highest BCUT2D eigenvalue weighted by atomic mass is 35.5. The van der Waals surface area contributed by atoms with Gasteiger partial charge in [-0.25, -0.2) is 4.98 Å². The molecule has 6 nitrogen and oxygen atoms in total. The summed E-state index contributed by atoms with van der Waals surface area (Å²) >= 11 is 0. The van der Waals surface area contributed by atoms with Crippen molar-refractivity contribution in [2.24, 2.45) is 5.73 Å². The highest BCUT2D eigenvalue weighted by molar-refractivity contribution is 5.86. The number of pyridine rings is 1. The molecule has 0 aliphatic carbocycles. The molecule has 2 rings (SSSR count). The van der Waals surface area contributed by atoms with E-state index in [1.165, 1.54) is 0 Å². The molecule has 0 atom stereocenters. The van der Waals surface area contributed by atoms with Crippen LogP contribution in [0.15, 0.2) is 18.3 Å². The fourth-order valence-corrected chi connectivity index (χ4v) is 2.16. The fraction of sp³-hybridized carbons (Fsp3) is 0.571. The number of aromatic nitrogens is 1. The lowest BCUT2D eigenvalue weighted by Gasteiger charge is -2.33. The van der Waals surface area contributed by atoms with Gasteiger partial charge in [-0.3, -0.25) is 4.79 Å². The molecule has 0 aromatic carbocycles. The fourth-order valence-electron chi connectivity index (χ4n) is 2.16. The lowest BCUT2D eigenvalue weighted by molar-refractivity contribution is -0.121. The molecule has 1 aliphatic heterocycles. The number of likely N-dealkylation sites (N-methyl/N-ethyl adjacent to an activating group) is 1. The summed E-state index contributed by atoms with van der Waals surface area (Å²) < 4.78 is 0. The number of nitrogens with one attached hydrogen (secondary N) is 1. The van der Waals surface area contributed by atoms with E-state index in [9.17, 15) is 4.79 Å². The maximum atomic E-state index is 11.3. The summed E-state index contributed by atoms with van der Waals surface area (Å²) in [6, 6.07) is 4.04.